The van der Waals surface area contributed by atoms with E-state index in [4.69, 9.17) is 10.2 Å². The van der Waals surface area contributed by atoms with Gasteiger partial charge >= 0.3 is 0 Å². The Morgan fingerprint density at radius 2 is 2.14 bits per heavy atom. The van der Waals surface area contributed by atoms with Crippen molar-refractivity contribution in [1.29, 1.82) is 0 Å². The van der Waals surface area contributed by atoms with Crippen molar-refractivity contribution >= 4 is 11.3 Å². The predicted octanol–water partition coefficient (Wildman–Crippen LogP) is 0.284. The molecule has 80 valence electrons. The first-order chi connectivity index (χ1) is 6.61. The highest BCUT2D eigenvalue weighted by Crippen LogP contribution is 2.13. The van der Waals surface area contributed by atoms with Crippen LogP contribution in [0.4, 0.5) is 0 Å². The first kappa shape index (κ1) is 11.6. The quantitative estimate of drug-likeness (QED) is 0.661. The predicted molar refractivity (Wildman–Crippen MR) is 56.3 cm³/mol. The summed E-state index contributed by atoms with van der Waals surface area (Å²) in [6, 6.07) is 0. The molecule has 1 heterocycles. The number of hydrogen-bond donors (Lipinski definition) is 3. The SMILES string of the molecule is Cc1ncsc1CNC(C)(CO)CO. The lowest BCUT2D eigenvalue weighted by molar-refractivity contribution is 0.103. The molecule has 1 aromatic heterocycles. The number of hydrogen-bond acceptors (Lipinski definition) is 5. The van der Waals surface area contributed by atoms with Crippen molar-refractivity contribution in [2.24, 2.45) is 0 Å². The lowest BCUT2D eigenvalue weighted by atomic mass is 10.1. The molecule has 0 aliphatic rings. The number of rotatable bonds is 5. The molecule has 0 unspecified atom stereocenters. The van der Waals surface area contributed by atoms with Gasteiger partial charge in [-0.2, -0.15) is 0 Å². The Hall–Kier alpha value is -0.490. The van der Waals surface area contributed by atoms with Gasteiger partial charge < -0.3 is 15.5 Å². The second-order valence-corrected chi connectivity index (χ2v) is 4.53. The van der Waals surface area contributed by atoms with Crippen molar-refractivity contribution in [3.63, 3.8) is 0 Å². The number of aryl methyl sites for hydroxylation is 1. The van der Waals surface area contributed by atoms with E-state index in [1.165, 1.54) is 0 Å². The summed E-state index contributed by atoms with van der Waals surface area (Å²) in [5, 5.41) is 21.2. The number of nitrogens with zero attached hydrogens (tertiary/aromatic N) is 1. The van der Waals surface area contributed by atoms with Crippen molar-refractivity contribution in [2.45, 2.75) is 25.9 Å². The van der Waals surface area contributed by atoms with E-state index in [0.717, 1.165) is 10.6 Å². The van der Waals surface area contributed by atoms with Crippen LogP contribution in [0.25, 0.3) is 0 Å². The average Bonchev–Trinajstić information content (AvgIpc) is 2.61. The lowest BCUT2D eigenvalue weighted by Crippen LogP contribution is -2.48. The summed E-state index contributed by atoms with van der Waals surface area (Å²) in [5.74, 6) is 0. The molecule has 1 rings (SSSR count). The van der Waals surface area contributed by atoms with Crippen LogP contribution in [0.3, 0.4) is 0 Å². The normalized spacial score (nSPS) is 12.0. The van der Waals surface area contributed by atoms with Gasteiger partial charge in [0.1, 0.15) is 0 Å². The van der Waals surface area contributed by atoms with E-state index in [-0.39, 0.29) is 13.2 Å². The molecule has 3 N–H and O–H groups in total. The van der Waals surface area contributed by atoms with Crippen molar-refractivity contribution in [3.05, 3.63) is 16.1 Å². The summed E-state index contributed by atoms with van der Waals surface area (Å²) in [7, 11) is 0. The molecular formula is C9H16N2O2S. The second kappa shape index (κ2) is 4.84. The monoisotopic (exact) mass is 216 g/mol. The summed E-state index contributed by atoms with van der Waals surface area (Å²) in [5.41, 5.74) is 2.18. The highest BCUT2D eigenvalue weighted by Gasteiger charge is 2.21. The van der Waals surface area contributed by atoms with Crippen LogP contribution in [0, 0.1) is 6.92 Å². The Kier molecular flexibility index (Phi) is 4.00. The molecule has 14 heavy (non-hydrogen) atoms. The van der Waals surface area contributed by atoms with Crippen LogP contribution in [0.15, 0.2) is 5.51 Å². The van der Waals surface area contributed by atoms with Crippen molar-refractivity contribution in [2.75, 3.05) is 13.2 Å². The maximum atomic E-state index is 9.05. The summed E-state index contributed by atoms with van der Waals surface area (Å²) >= 11 is 1.57. The van der Waals surface area contributed by atoms with Crippen LogP contribution in [0.2, 0.25) is 0 Å². The topological polar surface area (TPSA) is 65.4 Å². The summed E-state index contributed by atoms with van der Waals surface area (Å²) in [6.07, 6.45) is 0. The van der Waals surface area contributed by atoms with Crippen molar-refractivity contribution in [1.82, 2.24) is 10.3 Å². The minimum Gasteiger partial charge on any atom is -0.394 e. The van der Waals surface area contributed by atoms with Gasteiger partial charge in [-0.05, 0) is 13.8 Å². The van der Waals surface area contributed by atoms with Crippen molar-refractivity contribution < 1.29 is 10.2 Å². The Morgan fingerprint density at radius 1 is 1.50 bits per heavy atom. The first-order valence-electron chi connectivity index (χ1n) is 4.47. The van der Waals surface area contributed by atoms with Crippen LogP contribution < -0.4 is 5.32 Å². The van der Waals surface area contributed by atoms with Gasteiger partial charge in [0.05, 0.1) is 30.0 Å². The van der Waals surface area contributed by atoms with E-state index >= 15 is 0 Å². The summed E-state index contributed by atoms with van der Waals surface area (Å²) < 4.78 is 0. The molecule has 5 heteroatoms. The molecule has 0 amide bonds. The molecule has 0 aliphatic heterocycles. The molecule has 0 atom stereocenters. The zero-order valence-electron chi connectivity index (χ0n) is 8.45. The fraction of sp³-hybridized carbons (Fsp3) is 0.667. The maximum absolute atomic E-state index is 9.05. The molecule has 0 aliphatic carbocycles. The number of aliphatic hydroxyl groups is 2. The standard InChI is InChI=1S/C9H16N2O2S/c1-7-8(14-6-10-7)3-11-9(2,4-12)5-13/h6,11-13H,3-5H2,1-2H3. The highest BCUT2D eigenvalue weighted by molar-refractivity contribution is 7.09. The highest BCUT2D eigenvalue weighted by atomic mass is 32.1. The van der Waals surface area contributed by atoms with Crippen LogP contribution in [-0.4, -0.2) is 33.9 Å². The first-order valence-corrected chi connectivity index (χ1v) is 5.35. The van der Waals surface area contributed by atoms with Gasteiger partial charge in [-0.25, -0.2) is 4.98 Å². The Bertz CT molecular complexity index is 284. The number of aliphatic hydroxyl groups excluding tert-OH is 2. The Labute approximate surface area is 87.6 Å². The van der Waals surface area contributed by atoms with E-state index in [0.29, 0.717) is 6.54 Å². The van der Waals surface area contributed by atoms with Gasteiger partial charge in [0, 0.05) is 11.4 Å². The van der Waals surface area contributed by atoms with E-state index in [1.807, 2.05) is 6.92 Å². The Balaban J connectivity index is 2.52. The molecule has 1 aromatic rings. The fourth-order valence-electron chi connectivity index (χ4n) is 0.951. The smallest absolute Gasteiger partial charge is 0.0798 e. The second-order valence-electron chi connectivity index (χ2n) is 3.59. The van der Waals surface area contributed by atoms with E-state index in [9.17, 15) is 0 Å². The molecule has 0 fully saturated rings. The third kappa shape index (κ3) is 2.75. The minimum absolute atomic E-state index is 0.0820. The van der Waals surface area contributed by atoms with Crippen LogP contribution >= 0.6 is 11.3 Å². The van der Waals surface area contributed by atoms with Crippen LogP contribution in [0.5, 0.6) is 0 Å². The van der Waals surface area contributed by atoms with Gasteiger partial charge in [0.15, 0.2) is 0 Å². The summed E-state index contributed by atoms with van der Waals surface area (Å²) in [4.78, 5) is 5.26. The molecule has 0 radical (unpaired) electrons. The Morgan fingerprint density at radius 3 is 2.57 bits per heavy atom. The molecule has 4 nitrogen and oxygen atoms in total. The molecule has 0 saturated heterocycles. The van der Waals surface area contributed by atoms with Gasteiger partial charge in [-0.15, -0.1) is 11.3 Å². The van der Waals surface area contributed by atoms with E-state index < -0.39 is 5.54 Å². The maximum Gasteiger partial charge on any atom is 0.0798 e. The third-order valence-electron chi connectivity index (χ3n) is 2.22. The van der Waals surface area contributed by atoms with Crippen molar-refractivity contribution in [3.8, 4) is 0 Å². The van der Waals surface area contributed by atoms with Crippen LogP contribution in [0.1, 0.15) is 17.5 Å². The third-order valence-corrected chi connectivity index (χ3v) is 3.15. The number of nitrogens with one attached hydrogen (secondary N) is 1. The molecule has 0 bridgehead atoms. The van der Waals surface area contributed by atoms with Gasteiger partial charge in [0.25, 0.3) is 0 Å². The summed E-state index contributed by atoms with van der Waals surface area (Å²) in [6.45, 7) is 4.20. The van der Waals surface area contributed by atoms with Gasteiger partial charge in [0.2, 0.25) is 0 Å². The molecular weight excluding hydrogens is 200 g/mol. The van der Waals surface area contributed by atoms with Gasteiger partial charge in [-0.3, -0.25) is 0 Å². The molecule has 0 aromatic carbocycles. The number of thiazole rings is 1. The zero-order chi connectivity index (χ0) is 10.6. The molecule has 0 spiro atoms. The lowest BCUT2D eigenvalue weighted by Gasteiger charge is -2.25. The minimum atomic E-state index is -0.615. The largest absolute Gasteiger partial charge is 0.394 e. The molecule has 0 saturated carbocycles. The van der Waals surface area contributed by atoms with E-state index in [2.05, 4.69) is 10.3 Å². The fourth-order valence-corrected chi connectivity index (χ4v) is 1.67. The zero-order valence-corrected chi connectivity index (χ0v) is 9.27. The van der Waals surface area contributed by atoms with Crippen LogP contribution in [-0.2, 0) is 6.54 Å². The number of aromatic nitrogens is 1. The van der Waals surface area contributed by atoms with Gasteiger partial charge in [-0.1, -0.05) is 0 Å². The average molecular weight is 216 g/mol. The van der Waals surface area contributed by atoms with E-state index in [1.54, 1.807) is 23.8 Å².